The van der Waals surface area contributed by atoms with E-state index in [2.05, 4.69) is 21.3 Å². The maximum Gasteiger partial charge on any atom is 0.407 e. The van der Waals surface area contributed by atoms with Crippen molar-refractivity contribution in [3.05, 3.63) is 0 Å². The van der Waals surface area contributed by atoms with Gasteiger partial charge in [-0.2, -0.15) is 0 Å². The van der Waals surface area contributed by atoms with Crippen molar-refractivity contribution in [2.75, 3.05) is 13.2 Å². The Kier molecular flexibility index (Phi) is 9.08. The van der Waals surface area contributed by atoms with E-state index in [-0.39, 0.29) is 30.9 Å². The zero-order chi connectivity index (χ0) is 23.8. The van der Waals surface area contributed by atoms with Gasteiger partial charge in [-0.15, -0.1) is 0 Å². The fourth-order valence-corrected chi connectivity index (χ4v) is 4.60. The first-order valence-electron chi connectivity index (χ1n) is 12.2. The van der Waals surface area contributed by atoms with Crippen LogP contribution in [0.2, 0.25) is 0 Å². The Labute approximate surface area is 194 Å². The summed E-state index contributed by atoms with van der Waals surface area (Å²) in [5.74, 6) is -2.41. The van der Waals surface area contributed by atoms with E-state index < -0.39 is 41.7 Å². The molecule has 1 aliphatic heterocycles. The summed E-state index contributed by atoms with van der Waals surface area (Å²) in [5.41, 5.74) is 0. The molecule has 1 saturated heterocycles. The number of hydrogen-bond donors (Lipinski definition) is 4. The van der Waals surface area contributed by atoms with Crippen LogP contribution in [0.3, 0.4) is 0 Å². The summed E-state index contributed by atoms with van der Waals surface area (Å²) in [6.45, 7) is 2.35. The lowest BCUT2D eigenvalue weighted by Gasteiger charge is -2.28. The molecule has 4 N–H and O–H groups in total. The van der Waals surface area contributed by atoms with Crippen LogP contribution in [0.5, 0.6) is 0 Å². The third-order valence-electron chi connectivity index (χ3n) is 6.63. The van der Waals surface area contributed by atoms with E-state index in [1.54, 1.807) is 6.92 Å². The number of rotatable bonds is 11. The smallest absolute Gasteiger partial charge is 0.407 e. The molecule has 2 saturated carbocycles. The van der Waals surface area contributed by atoms with E-state index >= 15 is 0 Å². The molecule has 0 unspecified atom stereocenters. The van der Waals surface area contributed by atoms with Crippen molar-refractivity contribution < 1.29 is 28.7 Å². The van der Waals surface area contributed by atoms with Crippen LogP contribution in [-0.2, 0) is 23.9 Å². The highest BCUT2D eigenvalue weighted by molar-refractivity contribution is 6.38. The molecule has 3 aliphatic rings. The molecule has 3 fully saturated rings. The van der Waals surface area contributed by atoms with Gasteiger partial charge in [-0.1, -0.05) is 32.1 Å². The van der Waals surface area contributed by atoms with Crippen LogP contribution in [0.4, 0.5) is 4.79 Å². The van der Waals surface area contributed by atoms with Crippen LogP contribution in [0.15, 0.2) is 0 Å². The highest BCUT2D eigenvalue weighted by Gasteiger charge is 2.37. The molecule has 10 nitrogen and oxygen atoms in total. The second-order valence-corrected chi connectivity index (χ2v) is 9.34. The van der Waals surface area contributed by atoms with Gasteiger partial charge in [0.25, 0.3) is 5.91 Å². The first-order valence-corrected chi connectivity index (χ1v) is 12.2. The first-order chi connectivity index (χ1) is 15.9. The number of Topliss-reactive ketones (excluding diaryl/α,β-unsaturated/α-hetero) is 1. The Hall–Kier alpha value is -2.65. The minimum atomic E-state index is -1.14. The summed E-state index contributed by atoms with van der Waals surface area (Å²) in [6, 6.07) is -2.02. The molecular weight excluding hydrogens is 428 g/mol. The van der Waals surface area contributed by atoms with Gasteiger partial charge in [-0.25, -0.2) is 4.79 Å². The highest BCUT2D eigenvalue weighted by atomic mass is 16.5. The number of hydrogen-bond acceptors (Lipinski definition) is 6. The van der Waals surface area contributed by atoms with Crippen molar-refractivity contribution in [1.82, 2.24) is 21.3 Å². The van der Waals surface area contributed by atoms with E-state index in [1.807, 2.05) is 0 Å². The number of carbonyl (C=O) groups excluding carboxylic acids is 5. The third-order valence-corrected chi connectivity index (χ3v) is 6.63. The number of nitrogens with one attached hydrogen (secondary N) is 4. The molecule has 3 rings (SSSR count). The van der Waals surface area contributed by atoms with Crippen molar-refractivity contribution in [1.29, 1.82) is 0 Å². The normalized spacial score (nSPS) is 22.6. The van der Waals surface area contributed by atoms with E-state index in [0.29, 0.717) is 19.4 Å². The number of amides is 4. The molecule has 2 aliphatic carbocycles. The second kappa shape index (κ2) is 12.0. The summed E-state index contributed by atoms with van der Waals surface area (Å²) < 4.78 is 4.96. The predicted octanol–water partition coefficient (Wildman–Crippen LogP) is 0.930. The second-order valence-electron chi connectivity index (χ2n) is 9.34. The number of alkyl carbamates (subject to hydrolysis) is 1. The summed E-state index contributed by atoms with van der Waals surface area (Å²) in [5, 5.41) is 10.7. The Morgan fingerprint density at radius 3 is 2.30 bits per heavy atom. The molecule has 1 heterocycles. The van der Waals surface area contributed by atoms with Gasteiger partial charge in [-0.05, 0) is 44.9 Å². The fourth-order valence-electron chi connectivity index (χ4n) is 4.60. The number of ether oxygens (including phenoxy) is 1. The molecule has 0 spiro atoms. The van der Waals surface area contributed by atoms with Crippen LogP contribution < -0.4 is 21.3 Å². The minimum Gasteiger partial charge on any atom is -0.450 e. The lowest BCUT2D eigenvalue weighted by Crippen LogP contribution is -2.55. The SMILES string of the molecule is CCOC(=O)N[C@@H](CC1CCCCC1)C(=O)N[C@@H](C[C@@H]1CCNC1=O)C(=O)C(=O)NC1CC1. The molecular formula is C23H36N4O6. The van der Waals surface area contributed by atoms with Crippen LogP contribution in [-0.4, -0.2) is 60.9 Å². The Bertz CT molecular complexity index is 747. The summed E-state index contributed by atoms with van der Waals surface area (Å²) in [4.78, 5) is 62.7. The fraction of sp³-hybridized carbons (Fsp3) is 0.783. The highest BCUT2D eigenvalue weighted by Crippen LogP contribution is 2.27. The quantitative estimate of drug-likeness (QED) is 0.335. The van der Waals surface area contributed by atoms with E-state index in [0.717, 1.165) is 44.9 Å². The van der Waals surface area contributed by atoms with Crippen molar-refractivity contribution in [3.63, 3.8) is 0 Å². The maximum absolute atomic E-state index is 13.2. The summed E-state index contributed by atoms with van der Waals surface area (Å²) in [6.07, 6.45) is 7.25. The van der Waals surface area contributed by atoms with Gasteiger partial charge < -0.3 is 26.0 Å². The zero-order valence-electron chi connectivity index (χ0n) is 19.3. The van der Waals surface area contributed by atoms with Crippen molar-refractivity contribution in [3.8, 4) is 0 Å². The number of ketones is 1. The van der Waals surface area contributed by atoms with Crippen LogP contribution in [0.25, 0.3) is 0 Å². The van der Waals surface area contributed by atoms with Gasteiger partial charge in [0.05, 0.1) is 12.6 Å². The monoisotopic (exact) mass is 464 g/mol. The molecule has 0 bridgehead atoms. The number of carbonyl (C=O) groups is 5. The van der Waals surface area contributed by atoms with Gasteiger partial charge in [0, 0.05) is 18.5 Å². The molecule has 3 atom stereocenters. The lowest BCUT2D eigenvalue weighted by molar-refractivity contribution is -0.141. The molecule has 0 aromatic rings. The standard InChI is InChI=1S/C23H36N4O6/c1-2-33-23(32)27-18(12-14-6-4-3-5-7-14)21(30)26-17(13-15-10-11-24-20(15)29)19(28)22(31)25-16-8-9-16/h14-18H,2-13H2,1H3,(H,24,29)(H,25,31)(H,26,30)(H,27,32)/t15-,17-,18-/m0/s1. The predicted molar refractivity (Wildman–Crippen MR) is 119 cm³/mol. The van der Waals surface area contributed by atoms with E-state index in [4.69, 9.17) is 4.74 Å². The van der Waals surface area contributed by atoms with E-state index in [9.17, 15) is 24.0 Å². The Morgan fingerprint density at radius 1 is 0.970 bits per heavy atom. The average molecular weight is 465 g/mol. The summed E-state index contributed by atoms with van der Waals surface area (Å²) in [7, 11) is 0. The van der Waals surface area contributed by atoms with Crippen molar-refractivity contribution in [2.24, 2.45) is 11.8 Å². The van der Waals surface area contributed by atoms with Crippen molar-refractivity contribution >= 4 is 29.6 Å². The van der Waals surface area contributed by atoms with Crippen LogP contribution in [0, 0.1) is 11.8 Å². The Balaban J connectivity index is 1.70. The molecule has 4 amide bonds. The lowest BCUT2D eigenvalue weighted by atomic mass is 9.84. The van der Waals surface area contributed by atoms with Gasteiger partial charge in [-0.3, -0.25) is 19.2 Å². The van der Waals surface area contributed by atoms with Gasteiger partial charge in [0.15, 0.2) is 0 Å². The van der Waals surface area contributed by atoms with Crippen LogP contribution >= 0.6 is 0 Å². The molecule has 0 aromatic heterocycles. The van der Waals surface area contributed by atoms with Gasteiger partial charge in [0.2, 0.25) is 17.6 Å². The van der Waals surface area contributed by atoms with Crippen LogP contribution in [0.1, 0.15) is 71.1 Å². The van der Waals surface area contributed by atoms with E-state index in [1.165, 1.54) is 0 Å². The Morgan fingerprint density at radius 2 is 1.70 bits per heavy atom. The van der Waals surface area contributed by atoms with Gasteiger partial charge >= 0.3 is 6.09 Å². The molecule has 33 heavy (non-hydrogen) atoms. The topological polar surface area (TPSA) is 143 Å². The van der Waals surface area contributed by atoms with Crippen molar-refractivity contribution in [2.45, 2.75) is 89.3 Å². The average Bonchev–Trinajstić information content (AvgIpc) is 3.52. The maximum atomic E-state index is 13.2. The third kappa shape index (κ3) is 7.71. The largest absolute Gasteiger partial charge is 0.450 e. The first kappa shape index (κ1) is 25.0. The molecule has 184 valence electrons. The summed E-state index contributed by atoms with van der Waals surface area (Å²) >= 11 is 0. The molecule has 0 aromatic carbocycles. The molecule has 0 radical (unpaired) electrons. The zero-order valence-corrected chi connectivity index (χ0v) is 19.3. The minimum absolute atomic E-state index is 0.00267. The van der Waals surface area contributed by atoms with Gasteiger partial charge in [0.1, 0.15) is 6.04 Å². The molecule has 10 heteroatoms.